The second kappa shape index (κ2) is 9.54. The number of alkyl halides is 3. The van der Waals surface area contributed by atoms with E-state index < -0.39 is 17.7 Å². The number of methoxy groups -OCH3 is 1. The van der Waals surface area contributed by atoms with Crippen LogP contribution >= 0.6 is 0 Å². The average molecular weight is 442 g/mol. The SMILES string of the molecule is CN=C(NCc1cn(C)nc1C(F)(F)F)N1CCN(Cc2ccc(OC)c(F)c2)CC1. The first-order chi connectivity index (χ1) is 14.7. The molecule has 0 saturated carbocycles. The molecule has 1 N–H and O–H groups in total. The van der Waals surface area contributed by atoms with Gasteiger partial charge in [0.1, 0.15) is 0 Å². The monoisotopic (exact) mass is 442 g/mol. The summed E-state index contributed by atoms with van der Waals surface area (Å²) in [7, 11) is 4.49. The van der Waals surface area contributed by atoms with E-state index in [-0.39, 0.29) is 17.9 Å². The predicted octanol–water partition coefficient (Wildman–Crippen LogP) is 2.48. The molecule has 0 bridgehead atoms. The number of nitrogens with one attached hydrogen (secondary N) is 1. The summed E-state index contributed by atoms with van der Waals surface area (Å²) >= 11 is 0. The van der Waals surface area contributed by atoms with Crippen molar-refractivity contribution in [3.05, 3.63) is 47.0 Å². The minimum Gasteiger partial charge on any atom is -0.494 e. The highest BCUT2D eigenvalue weighted by atomic mass is 19.4. The van der Waals surface area contributed by atoms with E-state index in [1.165, 1.54) is 26.4 Å². The summed E-state index contributed by atoms with van der Waals surface area (Å²) in [6.45, 7) is 3.31. The highest BCUT2D eigenvalue weighted by molar-refractivity contribution is 5.80. The normalized spacial score (nSPS) is 16.0. The number of ether oxygens (including phenoxy) is 1. The van der Waals surface area contributed by atoms with E-state index in [1.807, 2.05) is 11.0 Å². The van der Waals surface area contributed by atoms with Crippen molar-refractivity contribution in [1.29, 1.82) is 0 Å². The predicted molar refractivity (Wildman–Crippen MR) is 108 cm³/mol. The van der Waals surface area contributed by atoms with Gasteiger partial charge < -0.3 is 15.0 Å². The third-order valence-electron chi connectivity index (χ3n) is 5.12. The van der Waals surface area contributed by atoms with Gasteiger partial charge in [-0.2, -0.15) is 18.3 Å². The van der Waals surface area contributed by atoms with Gasteiger partial charge in [0, 0.05) is 65.1 Å². The molecule has 1 aromatic carbocycles. The van der Waals surface area contributed by atoms with Crippen molar-refractivity contribution in [3.63, 3.8) is 0 Å². The Morgan fingerprint density at radius 3 is 2.52 bits per heavy atom. The largest absolute Gasteiger partial charge is 0.494 e. The van der Waals surface area contributed by atoms with Gasteiger partial charge in [0.25, 0.3) is 0 Å². The molecule has 2 heterocycles. The molecular weight excluding hydrogens is 416 g/mol. The summed E-state index contributed by atoms with van der Waals surface area (Å²) < 4.78 is 59.4. The summed E-state index contributed by atoms with van der Waals surface area (Å²) in [5, 5.41) is 6.53. The molecule has 0 amide bonds. The summed E-state index contributed by atoms with van der Waals surface area (Å²) in [5.74, 6) is 0.356. The first-order valence-corrected chi connectivity index (χ1v) is 9.81. The molecule has 170 valence electrons. The molecule has 7 nitrogen and oxygen atoms in total. The molecule has 0 radical (unpaired) electrons. The van der Waals surface area contributed by atoms with Gasteiger partial charge in [-0.1, -0.05) is 6.07 Å². The molecule has 3 rings (SSSR count). The van der Waals surface area contributed by atoms with E-state index in [2.05, 4.69) is 20.3 Å². The molecular formula is C20H26F4N6O. The number of aryl methyl sites for hydroxylation is 1. The highest BCUT2D eigenvalue weighted by Crippen LogP contribution is 2.30. The van der Waals surface area contributed by atoms with Crippen molar-refractivity contribution in [1.82, 2.24) is 24.9 Å². The van der Waals surface area contributed by atoms with Gasteiger partial charge in [0.2, 0.25) is 0 Å². The number of guanidine groups is 1. The fraction of sp³-hybridized carbons (Fsp3) is 0.500. The van der Waals surface area contributed by atoms with Gasteiger partial charge in [-0.05, 0) is 17.7 Å². The van der Waals surface area contributed by atoms with Crippen LogP contribution in [0.15, 0.2) is 29.4 Å². The van der Waals surface area contributed by atoms with Crippen LogP contribution in [0, 0.1) is 5.82 Å². The van der Waals surface area contributed by atoms with Crippen molar-refractivity contribution in [2.24, 2.45) is 12.0 Å². The van der Waals surface area contributed by atoms with E-state index in [0.29, 0.717) is 25.6 Å². The van der Waals surface area contributed by atoms with Crippen LogP contribution in [0.2, 0.25) is 0 Å². The minimum absolute atomic E-state index is 0.0271. The Morgan fingerprint density at radius 1 is 1.23 bits per heavy atom. The molecule has 0 unspecified atom stereocenters. The van der Waals surface area contributed by atoms with Crippen LogP contribution in [-0.2, 0) is 26.3 Å². The number of hydrogen-bond acceptors (Lipinski definition) is 4. The Labute approximate surface area is 178 Å². The summed E-state index contributed by atoms with van der Waals surface area (Å²) in [5.41, 5.74) is 0.0244. The van der Waals surface area contributed by atoms with Crippen LogP contribution in [0.4, 0.5) is 17.6 Å². The van der Waals surface area contributed by atoms with E-state index in [1.54, 1.807) is 13.1 Å². The minimum atomic E-state index is -4.51. The number of benzene rings is 1. The number of rotatable bonds is 5. The fourth-order valence-electron chi connectivity index (χ4n) is 3.60. The van der Waals surface area contributed by atoms with E-state index in [4.69, 9.17) is 4.74 Å². The lowest BCUT2D eigenvalue weighted by Crippen LogP contribution is -2.52. The number of halogens is 4. The highest BCUT2D eigenvalue weighted by Gasteiger charge is 2.37. The number of aromatic nitrogens is 2. The van der Waals surface area contributed by atoms with Gasteiger partial charge in [0.05, 0.1) is 7.11 Å². The lowest BCUT2D eigenvalue weighted by Gasteiger charge is -2.36. The Balaban J connectivity index is 1.54. The zero-order valence-electron chi connectivity index (χ0n) is 17.7. The van der Waals surface area contributed by atoms with Crippen LogP contribution in [0.1, 0.15) is 16.8 Å². The molecule has 1 saturated heterocycles. The summed E-state index contributed by atoms with van der Waals surface area (Å²) in [6, 6.07) is 4.92. The van der Waals surface area contributed by atoms with Crippen LogP contribution in [0.25, 0.3) is 0 Å². The van der Waals surface area contributed by atoms with Crippen molar-refractivity contribution >= 4 is 5.96 Å². The summed E-state index contributed by atoms with van der Waals surface area (Å²) in [4.78, 5) is 8.39. The zero-order valence-corrected chi connectivity index (χ0v) is 17.7. The zero-order chi connectivity index (χ0) is 22.6. The number of hydrogen-bond donors (Lipinski definition) is 1. The van der Waals surface area contributed by atoms with E-state index >= 15 is 0 Å². The quantitative estimate of drug-likeness (QED) is 0.438. The number of piperazine rings is 1. The Morgan fingerprint density at radius 2 is 1.94 bits per heavy atom. The van der Waals surface area contributed by atoms with Gasteiger partial charge >= 0.3 is 6.18 Å². The van der Waals surface area contributed by atoms with Crippen molar-refractivity contribution in [2.45, 2.75) is 19.3 Å². The van der Waals surface area contributed by atoms with Crippen molar-refractivity contribution in [3.8, 4) is 5.75 Å². The standard InChI is InChI=1S/C20H26F4N6O/c1-25-19(26-11-15-13-28(2)27-18(15)20(22,23)24)30-8-6-29(7-9-30)12-14-4-5-17(31-3)16(21)10-14/h4-5,10,13H,6-9,11-12H2,1-3H3,(H,25,26). The molecule has 2 aromatic rings. The average Bonchev–Trinajstić information content (AvgIpc) is 3.11. The van der Waals surface area contributed by atoms with Crippen molar-refractivity contribution in [2.75, 3.05) is 40.3 Å². The third-order valence-corrected chi connectivity index (χ3v) is 5.12. The van der Waals surface area contributed by atoms with Gasteiger partial charge in [0.15, 0.2) is 23.2 Å². The fourth-order valence-corrected chi connectivity index (χ4v) is 3.60. The second-order valence-corrected chi connectivity index (χ2v) is 7.31. The Hall–Kier alpha value is -2.82. The maximum absolute atomic E-state index is 13.9. The Kier molecular flexibility index (Phi) is 7.04. The first kappa shape index (κ1) is 22.9. The molecule has 11 heteroatoms. The molecule has 31 heavy (non-hydrogen) atoms. The second-order valence-electron chi connectivity index (χ2n) is 7.31. The van der Waals surface area contributed by atoms with Gasteiger partial charge in [-0.15, -0.1) is 0 Å². The van der Waals surface area contributed by atoms with Crippen LogP contribution in [0.5, 0.6) is 5.75 Å². The maximum Gasteiger partial charge on any atom is 0.435 e. The van der Waals surface area contributed by atoms with E-state index in [0.717, 1.165) is 23.3 Å². The molecule has 0 aliphatic carbocycles. The number of aliphatic imine (C=N–C) groups is 1. The molecule has 1 aliphatic rings. The van der Waals surface area contributed by atoms with Crippen LogP contribution < -0.4 is 10.1 Å². The lowest BCUT2D eigenvalue weighted by atomic mass is 10.2. The van der Waals surface area contributed by atoms with Gasteiger partial charge in [-0.3, -0.25) is 14.6 Å². The Bertz CT molecular complexity index is 919. The smallest absolute Gasteiger partial charge is 0.435 e. The third kappa shape index (κ3) is 5.66. The van der Waals surface area contributed by atoms with Crippen LogP contribution in [0.3, 0.4) is 0 Å². The van der Waals surface area contributed by atoms with E-state index in [9.17, 15) is 17.6 Å². The molecule has 1 fully saturated rings. The maximum atomic E-state index is 13.9. The topological polar surface area (TPSA) is 57.9 Å². The first-order valence-electron chi connectivity index (χ1n) is 9.81. The van der Waals surface area contributed by atoms with Gasteiger partial charge in [-0.25, -0.2) is 4.39 Å². The molecule has 1 aliphatic heterocycles. The molecule has 1 aromatic heterocycles. The molecule has 0 spiro atoms. The number of nitrogens with zero attached hydrogens (tertiary/aromatic N) is 5. The molecule has 0 atom stereocenters. The van der Waals surface area contributed by atoms with Crippen molar-refractivity contribution < 1.29 is 22.3 Å². The lowest BCUT2D eigenvalue weighted by molar-refractivity contribution is -0.142. The summed E-state index contributed by atoms with van der Waals surface area (Å²) in [6.07, 6.45) is -3.15. The van der Waals surface area contributed by atoms with Crippen LogP contribution in [-0.4, -0.2) is 65.9 Å².